The van der Waals surface area contributed by atoms with Crippen molar-refractivity contribution in [3.05, 3.63) is 46.8 Å². The Kier molecular flexibility index (Phi) is 5.05. The molecule has 0 saturated heterocycles. The highest BCUT2D eigenvalue weighted by Gasteiger charge is 2.16. The first kappa shape index (κ1) is 14.9. The third-order valence-corrected chi connectivity index (χ3v) is 3.45. The molecule has 1 aromatic heterocycles. The first-order valence-corrected chi connectivity index (χ1v) is 6.79. The van der Waals surface area contributed by atoms with E-state index in [9.17, 15) is 4.39 Å². The molecule has 2 rings (SSSR count). The number of hydrogen-bond acceptors (Lipinski definition) is 4. The van der Waals surface area contributed by atoms with Crippen molar-refractivity contribution in [3.63, 3.8) is 0 Å². The van der Waals surface area contributed by atoms with Crippen LogP contribution in [0.25, 0.3) is 0 Å². The molecular formula is C13H17ClFN5. The van der Waals surface area contributed by atoms with Gasteiger partial charge in [0, 0.05) is 19.0 Å². The fraction of sp³-hybridized carbons (Fsp3) is 0.385. The quantitative estimate of drug-likeness (QED) is 0.629. The van der Waals surface area contributed by atoms with E-state index in [1.807, 2.05) is 6.92 Å². The van der Waals surface area contributed by atoms with E-state index < -0.39 is 5.82 Å². The van der Waals surface area contributed by atoms with Crippen LogP contribution < -0.4 is 11.3 Å². The average Bonchev–Trinajstić information content (AvgIpc) is 2.90. The normalized spacial score (nSPS) is 12.6. The van der Waals surface area contributed by atoms with Crippen LogP contribution in [0.1, 0.15) is 18.3 Å². The molecule has 3 N–H and O–H groups in total. The first-order chi connectivity index (χ1) is 9.65. The molecule has 20 heavy (non-hydrogen) atoms. The van der Waals surface area contributed by atoms with Crippen molar-refractivity contribution in [2.24, 2.45) is 5.84 Å². The zero-order valence-corrected chi connectivity index (χ0v) is 11.9. The molecule has 0 aliphatic heterocycles. The van der Waals surface area contributed by atoms with Crippen LogP contribution in [0.5, 0.6) is 0 Å². The monoisotopic (exact) mass is 297 g/mol. The number of benzene rings is 1. The van der Waals surface area contributed by atoms with E-state index >= 15 is 0 Å². The lowest BCUT2D eigenvalue weighted by atomic mass is 10.0. The van der Waals surface area contributed by atoms with Crippen LogP contribution in [0.3, 0.4) is 0 Å². The molecule has 0 aliphatic carbocycles. The van der Waals surface area contributed by atoms with Gasteiger partial charge in [-0.15, -0.1) is 0 Å². The van der Waals surface area contributed by atoms with Gasteiger partial charge in [-0.25, -0.2) is 9.37 Å². The van der Waals surface area contributed by atoms with E-state index in [-0.39, 0.29) is 11.1 Å². The molecular weight excluding hydrogens is 281 g/mol. The Bertz CT molecular complexity index is 572. The van der Waals surface area contributed by atoms with E-state index in [1.165, 1.54) is 12.4 Å². The van der Waals surface area contributed by atoms with Crippen LogP contribution >= 0.6 is 11.6 Å². The van der Waals surface area contributed by atoms with E-state index in [1.54, 1.807) is 16.8 Å². The van der Waals surface area contributed by atoms with Crippen molar-refractivity contribution in [2.75, 3.05) is 0 Å². The highest BCUT2D eigenvalue weighted by Crippen LogP contribution is 2.19. The van der Waals surface area contributed by atoms with Crippen molar-refractivity contribution < 1.29 is 4.39 Å². The smallest absolute Gasteiger partial charge is 0.145 e. The Balaban J connectivity index is 2.11. The summed E-state index contributed by atoms with van der Waals surface area (Å²) in [5, 5.41) is 4.22. The number of aromatic nitrogens is 3. The molecule has 108 valence electrons. The predicted octanol–water partition coefficient (Wildman–Crippen LogP) is 1.71. The van der Waals surface area contributed by atoms with Gasteiger partial charge in [0.15, 0.2) is 0 Å². The van der Waals surface area contributed by atoms with Gasteiger partial charge in [-0.05, 0) is 25.0 Å². The molecule has 1 aromatic carbocycles. The van der Waals surface area contributed by atoms with Crippen molar-refractivity contribution in [1.82, 2.24) is 20.2 Å². The maximum absolute atomic E-state index is 13.9. The number of halogens is 2. The van der Waals surface area contributed by atoms with E-state index in [2.05, 4.69) is 15.5 Å². The molecule has 0 bridgehead atoms. The summed E-state index contributed by atoms with van der Waals surface area (Å²) in [7, 11) is 0. The van der Waals surface area contributed by atoms with Crippen LogP contribution in [-0.4, -0.2) is 20.8 Å². The Labute approximate surface area is 121 Å². The van der Waals surface area contributed by atoms with Gasteiger partial charge < -0.3 is 0 Å². The zero-order valence-electron chi connectivity index (χ0n) is 11.2. The average molecular weight is 298 g/mol. The van der Waals surface area contributed by atoms with Gasteiger partial charge in [0.1, 0.15) is 18.0 Å². The fourth-order valence-electron chi connectivity index (χ4n) is 2.09. The molecule has 0 fully saturated rings. The lowest BCUT2D eigenvalue weighted by Crippen LogP contribution is -2.39. The Morgan fingerprint density at radius 3 is 2.95 bits per heavy atom. The van der Waals surface area contributed by atoms with Crippen LogP contribution in [-0.2, 0) is 19.4 Å². The third-order valence-electron chi connectivity index (χ3n) is 3.16. The summed E-state index contributed by atoms with van der Waals surface area (Å²) in [5.41, 5.74) is 3.23. The van der Waals surface area contributed by atoms with Crippen molar-refractivity contribution in [2.45, 2.75) is 32.4 Å². The second kappa shape index (κ2) is 6.78. The van der Waals surface area contributed by atoms with Gasteiger partial charge in [0.05, 0.1) is 5.02 Å². The highest BCUT2D eigenvalue weighted by molar-refractivity contribution is 6.30. The summed E-state index contributed by atoms with van der Waals surface area (Å²) >= 11 is 5.78. The topological polar surface area (TPSA) is 68.8 Å². The molecule has 0 spiro atoms. The number of nitrogens with one attached hydrogen (secondary N) is 1. The first-order valence-electron chi connectivity index (χ1n) is 6.41. The van der Waals surface area contributed by atoms with E-state index in [0.717, 1.165) is 12.4 Å². The second-order valence-electron chi connectivity index (χ2n) is 4.48. The largest absolute Gasteiger partial charge is 0.271 e. The minimum Gasteiger partial charge on any atom is -0.271 e. The summed E-state index contributed by atoms with van der Waals surface area (Å²) in [5.74, 6) is 5.97. The number of nitrogens with two attached hydrogens (primary N) is 1. The molecule has 0 amide bonds. The molecule has 2 aromatic rings. The van der Waals surface area contributed by atoms with Crippen LogP contribution in [0.2, 0.25) is 5.02 Å². The second-order valence-corrected chi connectivity index (χ2v) is 4.88. The summed E-state index contributed by atoms with van der Waals surface area (Å²) in [6.07, 6.45) is 2.50. The predicted molar refractivity (Wildman–Crippen MR) is 75.6 cm³/mol. The van der Waals surface area contributed by atoms with E-state index in [0.29, 0.717) is 18.4 Å². The maximum atomic E-state index is 13.9. The van der Waals surface area contributed by atoms with Crippen molar-refractivity contribution >= 4 is 11.6 Å². The van der Waals surface area contributed by atoms with Crippen LogP contribution in [0, 0.1) is 5.82 Å². The maximum Gasteiger partial charge on any atom is 0.145 e. The van der Waals surface area contributed by atoms with Crippen molar-refractivity contribution in [1.29, 1.82) is 0 Å². The van der Waals surface area contributed by atoms with Gasteiger partial charge in [-0.1, -0.05) is 23.7 Å². The lowest BCUT2D eigenvalue weighted by Gasteiger charge is -2.16. The molecule has 1 unspecified atom stereocenters. The number of rotatable bonds is 6. The van der Waals surface area contributed by atoms with Gasteiger partial charge in [0.2, 0.25) is 0 Å². The Morgan fingerprint density at radius 1 is 1.45 bits per heavy atom. The fourth-order valence-corrected chi connectivity index (χ4v) is 2.29. The molecule has 5 nitrogen and oxygen atoms in total. The number of hydrazine groups is 1. The Hall–Kier alpha value is -1.50. The van der Waals surface area contributed by atoms with Crippen molar-refractivity contribution in [3.8, 4) is 0 Å². The van der Waals surface area contributed by atoms with Gasteiger partial charge in [-0.3, -0.25) is 16.0 Å². The van der Waals surface area contributed by atoms with Gasteiger partial charge >= 0.3 is 0 Å². The third kappa shape index (κ3) is 3.33. The summed E-state index contributed by atoms with van der Waals surface area (Å²) in [6, 6.07) is 4.82. The molecule has 0 saturated carbocycles. The summed E-state index contributed by atoms with van der Waals surface area (Å²) < 4.78 is 15.7. The molecule has 1 atom stereocenters. The molecule has 0 radical (unpaired) electrons. The summed E-state index contributed by atoms with van der Waals surface area (Å²) in [6.45, 7) is 2.72. The van der Waals surface area contributed by atoms with Gasteiger partial charge in [-0.2, -0.15) is 5.10 Å². The SMILES string of the molecule is CCn1ncnc1CC(Cc1cccc(Cl)c1F)NN. The standard InChI is InChI=1S/C13H17ClFN5/c1-2-20-12(17-8-18-20)7-10(19-16)6-9-4-3-5-11(14)13(9)15/h3-5,8,10,19H,2,6-7,16H2,1H3. The lowest BCUT2D eigenvalue weighted by molar-refractivity contribution is 0.480. The summed E-state index contributed by atoms with van der Waals surface area (Å²) in [4.78, 5) is 4.19. The minimum absolute atomic E-state index is 0.120. The number of nitrogens with zero attached hydrogens (tertiary/aromatic N) is 3. The highest BCUT2D eigenvalue weighted by atomic mass is 35.5. The molecule has 0 aliphatic rings. The minimum atomic E-state index is -0.397. The molecule has 1 heterocycles. The van der Waals surface area contributed by atoms with Crippen LogP contribution in [0.4, 0.5) is 4.39 Å². The number of aryl methyl sites for hydroxylation is 1. The number of hydrogen-bond donors (Lipinski definition) is 2. The Morgan fingerprint density at radius 2 is 2.25 bits per heavy atom. The van der Waals surface area contributed by atoms with E-state index in [4.69, 9.17) is 17.4 Å². The zero-order chi connectivity index (χ0) is 14.5. The van der Waals surface area contributed by atoms with Gasteiger partial charge in [0.25, 0.3) is 0 Å². The molecule has 7 heteroatoms. The van der Waals surface area contributed by atoms with Crippen LogP contribution in [0.15, 0.2) is 24.5 Å².